The Morgan fingerprint density at radius 2 is 1.92 bits per heavy atom. The van der Waals surface area contributed by atoms with Crippen molar-refractivity contribution in [3.8, 4) is 17.0 Å². The van der Waals surface area contributed by atoms with Crippen LogP contribution in [-0.2, 0) is 6.42 Å². The normalized spacial score (nSPS) is 11.2. The largest absolute Gasteiger partial charge is 0.496 e. The minimum absolute atomic E-state index is 0.732. The van der Waals surface area contributed by atoms with Crippen molar-refractivity contribution in [1.29, 1.82) is 0 Å². The topological polar surface area (TPSA) is 51.0 Å². The van der Waals surface area contributed by atoms with Gasteiger partial charge in [0.15, 0.2) is 0 Å². The molecular weight excluding hydrogens is 376 g/mol. The second kappa shape index (κ2) is 7.63. The van der Waals surface area contributed by atoms with E-state index in [1.165, 1.54) is 27.6 Å². The first-order chi connectivity index (χ1) is 12.0. The minimum Gasteiger partial charge on any atom is -0.496 e. The first kappa shape index (κ1) is 18.0. The fraction of sp³-hybridized carbons (Fsp3) is 0.333. The highest BCUT2D eigenvalue weighted by Crippen LogP contribution is 2.39. The highest BCUT2D eigenvalue weighted by Gasteiger charge is 2.18. The van der Waals surface area contributed by atoms with Gasteiger partial charge >= 0.3 is 0 Å². The fourth-order valence-electron chi connectivity index (χ4n) is 3.60. The van der Waals surface area contributed by atoms with Gasteiger partial charge < -0.3 is 15.5 Å². The first-order valence-electron chi connectivity index (χ1n) is 8.71. The lowest BCUT2D eigenvalue weighted by molar-refractivity contribution is 0.416. The summed E-state index contributed by atoms with van der Waals surface area (Å²) >= 11 is 3.60. The number of hydrogen-bond acceptors (Lipinski definition) is 2. The van der Waals surface area contributed by atoms with Crippen molar-refractivity contribution in [2.24, 2.45) is 5.73 Å². The van der Waals surface area contributed by atoms with Gasteiger partial charge in [0.05, 0.1) is 12.8 Å². The molecule has 2 aromatic carbocycles. The van der Waals surface area contributed by atoms with Crippen molar-refractivity contribution >= 4 is 26.8 Å². The number of benzene rings is 2. The zero-order chi connectivity index (χ0) is 18.0. The summed E-state index contributed by atoms with van der Waals surface area (Å²) in [6.45, 7) is 5.06. The van der Waals surface area contributed by atoms with Gasteiger partial charge in [-0.1, -0.05) is 22.0 Å². The summed E-state index contributed by atoms with van der Waals surface area (Å²) < 4.78 is 6.67. The highest BCUT2D eigenvalue weighted by molar-refractivity contribution is 9.10. The summed E-state index contributed by atoms with van der Waals surface area (Å²) in [4.78, 5) is 3.66. The number of ether oxygens (including phenoxy) is 1. The molecule has 4 heteroatoms. The predicted octanol–water partition coefficient (Wildman–Crippen LogP) is 5.50. The molecule has 0 atom stereocenters. The van der Waals surface area contributed by atoms with Crippen LogP contribution in [0.1, 0.15) is 29.5 Å². The Morgan fingerprint density at radius 3 is 2.64 bits per heavy atom. The lowest BCUT2D eigenvalue weighted by atomic mass is 9.97. The van der Waals surface area contributed by atoms with E-state index in [9.17, 15) is 0 Å². The Bertz CT molecular complexity index is 899. The average Bonchev–Trinajstić information content (AvgIpc) is 2.93. The zero-order valence-corrected chi connectivity index (χ0v) is 16.7. The molecule has 0 radical (unpaired) electrons. The maximum Gasteiger partial charge on any atom is 0.128 e. The maximum atomic E-state index is 5.71. The number of H-pyrrole nitrogens is 1. The Balaban J connectivity index is 2.25. The number of nitrogens with one attached hydrogen (secondary N) is 1. The van der Waals surface area contributed by atoms with Crippen LogP contribution in [0.3, 0.4) is 0 Å². The van der Waals surface area contributed by atoms with E-state index in [0.29, 0.717) is 0 Å². The van der Waals surface area contributed by atoms with Gasteiger partial charge in [-0.05, 0) is 80.6 Å². The van der Waals surface area contributed by atoms with Crippen molar-refractivity contribution in [3.63, 3.8) is 0 Å². The number of aromatic amines is 1. The second-order valence-corrected chi connectivity index (χ2v) is 7.49. The van der Waals surface area contributed by atoms with Crippen LogP contribution in [0.2, 0.25) is 0 Å². The van der Waals surface area contributed by atoms with Crippen LogP contribution in [0.5, 0.6) is 5.75 Å². The van der Waals surface area contributed by atoms with Crippen LogP contribution < -0.4 is 10.5 Å². The second-order valence-electron chi connectivity index (χ2n) is 6.57. The summed E-state index contributed by atoms with van der Waals surface area (Å²) in [6, 6.07) is 10.6. The number of aryl methyl sites for hydroxylation is 3. The molecule has 0 aliphatic rings. The average molecular weight is 401 g/mol. The first-order valence-corrected chi connectivity index (χ1v) is 9.50. The molecule has 0 amide bonds. The standard InChI is InChI=1S/C21H25BrN2O/c1-13-10-14(2)20-16(6-4-5-9-23)21(24-18(20)11-13)17-12-15(22)7-8-19(17)25-3/h7-8,10-12,24H,4-6,9,23H2,1-3H3. The fourth-order valence-corrected chi connectivity index (χ4v) is 3.96. The molecule has 1 heterocycles. The quantitative estimate of drug-likeness (QED) is 0.536. The van der Waals surface area contributed by atoms with Crippen LogP contribution in [0, 0.1) is 13.8 Å². The summed E-state index contributed by atoms with van der Waals surface area (Å²) in [5.41, 5.74) is 13.1. The van der Waals surface area contributed by atoms with E-state index in [2.05, 4.69) is 53.0 Å². The van der Waals surface area contributed by atoms with Crippen LogP contribution in [0.4, 0.5) is 0 Å². The molecule has 3 rings (SSSR count). The SMILES string of the molecule is COc1ccc(Br)cc1-c1[nH]c2cc(C)cc(C)c2c1CCCCN. The molecule has 0 aliphatic carbocycles. The number of unbranched alkanes of at least 4 members (excludes halogenated alkanes) is 1. The lowest BCUT2D eigenvalue weighted by Crippen LogP contribution is -2.00. The van der Waals surface area contributed by atoms with E-state index in [1.807, 2.05) is 12.1 Å². The van der Waals surface area contributed by atoms with E-state index in [1.54, 1.807) is 7.11 Å². The van der Waals surface area contributed by atoms with Gasteiger partial charge in [-0.25, -0.2) is 0 Å². The molecule has 3 aromatic rings. The Kier molecular flexibility index (Phi) is 5.50. The Morgan fingerprint density at radius 1 is 1.12 bits per heavy atom. The number of aromatic nitrogens is 1. The van der Waals surface area contributed by atoms with Crippen LogP contribution in [0.15, 0.2) is 34.8 Å². The molecule has 0 spiro atoms. The van der Waals surface area contributed by atoms with E-state index >= 15 is 0 Å². The molecule has 0 saturated heterocycles. The number of hydrogen-bond donors (Lipinski definition) is 2. The number of halogens is 1. The minimum atomic E-state index is 0.732. The van der Waals surface area contributed by atoms with E-state index in [-0.39, 0.29) is 0 Å². The van der Waals surface area contributed by atoms with Crippen LogP contribution >= 0.6 is 15.9 Å². The van der Waals surface area contributed by atoms with Crippen molar-refractivity contribution in [2.75, 3.05) is 13.7 Å². The summed E-state index contributed by atoms with van der Waals surface area (Å²) in [5.74, 6) is 0.879. The number of nitrogens with two attached hydrogens (primary N) is 1. The van der Waals surface area contributed by atoms with Gasteiger partial charge in [0, 0.05) is 20.9 Å². The molecule has 0 fully saturated rings. The molecular formula is C21H25BrN2O. The van der Waals surface area contributed by atoms with E-state index < -0.39 is 0 Å². The summed E-state index contributed by atoms with van der Waals surface area (Å²) in [6.07, 6.45) is 3.12. The molecule has 0 bridgehead atoms. The predicted molar refractivity (Wildman–Crippen MR) is 109 cm³/mol. The third-order valence-electron chi connectivity index (χ3n) is 4.65. The molecule has 25 heavy (non-hydrogen) atoms. The van der Waals surface area contributed by atoms with Gasteiger partial charge in [-0.2, -0.15) is 0 Å². The van der Waals surface area contributed by atoms with Gasteiger partial charge in [0.2, 0.25) is 0 Å². The summed E-state index contributed by atoms with van der Waals surface area (Å²) in [7, 11) is 1.72. The number of methoxy groups -OCH3 is 1. The van der Waals surface area contributed by atoms with Gasteiger partial charge in [-0.3, -0.25) is 0 Å². The van der Waals surface area contributed by atoms with Gasteiger partial charge in [-0.15, -0.1) is 0 Å². The third-order valence-corrected chi connectivity index (χ3v) is 5.15. The van der Waals surface area contributed by atoms with Crippen LogP contribution in [0.25, 0.3) is 22.2 Å². The van der Waals surface area contributed by atoms with E-state index in [4.69, 9.17) is 10.5 Å². The molecule has 0 saturated carbocycles. The van der Waals surface area contributed by atoms with Crippen molar-refractivity contribution in [1.82, 2.24) is 4.98 Å². The number of rotatable bonds is 6. The highest BCUT2D eigenvalue weighted by atomic mass is 79.9. The molecule has 3 nitrogen and oxygen atoms in total. The van der Waals surface area contributed by atoms with Gasteiger partial charge in [0.1, 0.15) is 5.75 Å². The molecule has 1 aromatic heterocycles. The summed E-state index contributed by atoms with van der Waals surface area (Å²) in [5, 5.41) is 1.33. The molecule has 3 N–H and O–H groups in total. The lowest BCUT2D eigenvalue weighted by Gasteiger charge is -2.11. The Hall–Kier alpha value is -1.78. The molecule has 132 valence electrons. The zero-order valence-electron chi connectivity index (χ0n) is 15.1. The Labute approximate surface area is 157 Å². The maximum absolute atomic E-state index is 5.71. The van der Waals surface area contributed by atoms with E-state index in [0.717, 1.165) is 47.3 Å². The van der Waals surface area contributed by atoms with Gasteiger partial charge in [0.25, 0.3) is 0 Å². The van der Waals surface area contributed by atoms with Crippen molar-refractivity contribution in [2.45, 2.75) is 33.1 Å². The smallest absolute Gasteiger partial charge is 0.128 e. The van der Waals surface area contributed by atoms with Crippen molar-refractivity contribution < 1.29 is 4.74 Å². The molecule has 0 unspecified atom stereocenters. The number of fused-ring (bicyclic) bond motifs is 1. The molecule has 0 aliphatic heterocycles. The van der Waals surface area contributed by atoms with Crippen molar-refractivity contribution in [3.05, 3.63) is 51.5 Å². The van der Waals surface area contributed by atoms with Crippen LogP contribution in [-0.4, -0.2) is 18.6 Å². The third kappa shape index (κ3) is 3.60. The monoisotopic (exact) mass is 400 g/mol.